The van der Waals surface area contributed by atoms with Gasteiger partial charge in [-0.2, -0.15) is 15.0 Å². The summed E-state index contributed by atoms with van der Waals surface area (Å²) < 4.78 is 0. The molecule has 4 N–H and O–H groups in total. The van der Waals surface area contributed by atoms with E-state index in [0.717, 1.165) is 23.5 Å². The maximum atomic E-state index is 5.90. The summed E-state index contributed by atoms with van der Waals surface area (Å²) in [5.74, 6) is 2.36. The number of nitrogens with two attached hydrogens (primary N) is 1. The molecule has 0 saturated carbocycles. The Morgan fingerprint density at radius 2 is 1.80 bits per heavy atom. The van der Waals surface area contributed by atoms with Crippen molar-refractivity contribution in [3.05, 3.63) is 65.5 Å². The van der Waals surface area contributed by atoms with Gasteiger partial charge in [0.05, 0.1) is 5.75 Å². The lowest BCUT2D eigenvalue weighted by Crippen LogP contribution is -2.07. The zero-order chi connectivity index (χ0) is 20.9. The molecule has 4 aromatic rings. The topological polar surface area (TPSA) is 118 Å². The second-order valence-electron chi connectivity index (χ2n) is 6.69. The largest absolute Gasteiger partial charge is 0.368 e. The molecule has 30 heavy (non-hydrogen) atoms. The number of nitrogen functional groups attached to an aromatic ring is 1. The van der Waals surface area contributed by atoms with Crippen molar-refractivity contribution >= 4 is 29.3 Å². The molecule has 2 aromatic heterocycles. The van der Waals surface area contributed by atoms with Gasteiger partial charge in [-0.25, -0.2) is 4.98 Å². The second kappa shape index (κ2) is 8.91. The summed E-state index contributed by atoms with van der Waals surface area (Å²) in [6.07, 6.45) is 0.903. The van der Waals surface area contributed by atoms with Gasteiger partial charge in [-0.05, 0) is 25.0 Å². The van der Waals surface area contributed by atoms with Crippen LogP contribution in [0.2, 0.25) is 0 Å². The van der Waals surface area contributed by atoms with E-state index in [2.05, 4.69) is 55.4 Å². The Balaban J connectivity index is 1.46. The van der Waals surface area contributed by atoms with E-state index in [1.54, 1.807) is 0 Å². The van der Waals surface area contributed by atoms with E-state index >= 15 is 0 Å². The van der Waals surface area contributed by atoms with Gasteiger partial charge in [-0.1, -0.05) is 66.7 Å². The zero-order valence-corrected chi connectivity index (χ0v) is 17.6. The smallest absolute Gasteiger partial charge is 0.232 e. The number of thioether (sulfide) groups is 1. The van der Waals surface area contributed by atoms with Crippen LogP contribution in [0.1, 0.15) is 23.9 Å². The van der Waals surface area contributed by atoms with Crippen molar-refractivity contribution in [1.82, 2.24) is 30.1 Å². The molecule has 0 atom stereocenters. The van der Waals surface area contributed by atoms with Crippen LogP contribution in [0.25, 0.3) is 11.4 Å². The molecule has 8 nitrogen and oxygen atoms in total. The van der Waals surface area contributed by atoms with E-state index in [1.807, 2.05) is 42.5 Å². The molecule has 2 aromatic carbocycles. The highest BCUT2D eigenvalue weighted by Crippen LogP contribution is 2.23. The van der Waals surface area contributed by atoms with Gasteiger partial charge in [0.25, 0.3) is 0 Å². The van der Waals surface area contributed by atoms with Gasteiger partial charge in [0.1, 0.15) is 5.82 Å². The summed E-state index contributed by atoms with van der Waals surface area (Å²) in [6, 6.07) is 16.2. The Bertz CT molecular complexity index is 1140. The molecule has 0 aliphatic rings. The van der Waals surface area contributed by atoms with Gasteiger partial charge in [-0.3, -0.25) is 5.10 Å². The Kier molecular flexibility index (Phi) is 5.89. The van der Waals surface area contributed by atoms with Gasteiger partial charge >= 0.3 is 0 Å². The van der Waals surface area contributed by atoms with Crippen molar-refractivity contribution in [2.24, 2.45) is 0 Å². The minimum absolute atomic E-state index is 0.174. The number of H-pyrrole nitrogens is 1. The number of rotatable bonds is 7. The van der Waals surface area contributed by atoms with E-state index in [4.69, 9.17) is 5.73 Å². The van der Waals surface area contributed by atoms with E-state index in [1.165, 1.54) is 22.9 Å². The van der Waals surface area contributed by atoms with Gasteiger partial charge in [0, 0.05) is 11.3 Å². The van der Waals surface area contributed by atoms with Crippen LogP contribution in [0.4, 0.5) is 17.6 Å². The summed E-state index contributed by atoms with van der Waals surface area (Å²) in [4.78, 5) is 17.5. The highest BCUT2D eigenvalue weighted by molar-refractivity contribution is 7.98. The standard InChI is InChI=1S/C21H22N8S/c1-3-14-6-4-5-7-16(14)23-20-25-17(24-19(22)27-20)12-30-21-26-18(28-29-21)15-10-8-13(2)9-11-15/h4-11H,3,12H2,1-2H3,(H,26,28,29)(H3,22,23,24,25,27). The average Bonchev–Trinajstić information content (AvgIpc) is 3.22. The molecular formula is C21H22N8S. The van der Waals surface area contributed by atoms with Crippen LogP contribution in [0.15, 0.2) is 53.7 Å². The molecular weight excluding hydrogens is 396 g/mol. The fourth-order valence-electron chi connectivity index (χ4n) is 2.91. The molecule has 0 radical (unpaired) electrons. The normalized spacial score (nSPS) is 10.9. The molecule has 2 heterocycles. The van der Waals surface area contributed by atoms with E-state index in [-0.39, 0.29) is 5.95 Å². The van der Waals surface area contributed by atoms with Crippen LogP contribution in [0.5, 0.6) is 0 Å². The van der Waals surface area contributed by atoms with E-state index < -0.39 is 0 Å². The first-order valence-electron chi connectivity index (χ1n) is 9.58. The fraction of sp³-hybridized carbons (Fsp3) is 0.190. The van der Waals surface area contributed by atoms with Crippen molar-refractivity contribution in [2.45, 2.75) is 31.2 Å². The van der Waals surface area contributed by atoms with Crippen LogP contribution in [0, 0.1) is 6.92 Å². The number of para-hydroxylation sites is 1. The highest BCUT2D eigenvalue weighted by atomic mass is 32.2. The van der Waals surface area contributed by atoms with Crippen LogP contribution in [-0.4, -0.2) is 30.1 Å². The van der Waals surface area contributed by atoms with Crippen LogP contribution >= 0.6 is 11.8 Å². The summed E-state index contributed by atoms with van der Waals surface area (Å²) in [6.45, 7) is 4.15. The number of benzene rings is 2. The molecule has 152 valence electrons. The molecule has 0 spiro atoms. The monoisotopic (exact) mass is 418 g/mol. The van der Waals surface area contributed by atoms with Crippen molar-refractivity contribution in [1.29, 1.82) is 0 Å². The van der Waals surface area contributed by atoms with Crippen molar-refractivity contribution in [3.63, 3.8) is 0 Å². The average molecular weight is 419 g/mol. The highest BCUT2D eigenvalue weighted by Gasteiger charge is 2.10. The van der Waals surface area contributed by atoms with E-state index in [0.29, 0.717) is 22.7 Å². The van der Waals surface area contributed by atoms with E-state index in [9.17, 15) is 0 Å². The van der Waals surface area contributed by atoms with Crippen LogP contribution < -0.4 is 11.1 Å². The lowest BCUT2D eigenvalue weighted by molar-refractivity contribution is 0.955. The van der Waals surface area contributed by atoms with Crippen molar-refractivity contribution < 1.29 is 0 Å². The molecule has 0 saturated heterocycles. The summed E-state index contributed by atoms with van der Waals surface area (Å²) >= 11 is 1.43. The number of aromatic amines is 1. The number of aryl methyl sites for hydroxylation is 2. The summed E-state index contributed by atoms with van der Waals surface area (Å²) in [5.41, 5.74) is 10.2. The molecule has 0 bridgehead atoms. The Morgan fingerprint density at radius 1 is 1.00 bits per heavy atom. The Morgan fingerprint density at radius 3 is 2.60 bits per heavy atom. The molecule has 4 rings (SSSR count). The fourth-order valence-corrected chi connectivity index (χ4v) is 3.56. The maximum Gasteiger partial charge on any atom is 0.232 e. The molecule has 0 amide bonds. The van der Waals surface area contributed by atoms with Crippen molar-refractivity contribution in [3.8, 4) is 11.4 Å². The first kappa shape index (κ1) is 19.8. The third-order valence-electron chi connectivity index (χ3n) is 4.46. The van der Waals surface area contributed by atoms with Crippen LogP contribution in [-0.2, 0) is 12.2 Å². The SMILES string of the molecule is CCc1ccccc1Nc1nc(N)nc(CSc2n[nH]c(-c3ccc(C)cc3)n2)n1. The minimum atomic E-state index is 0.174. The minimum Gasteiger partial charge on any atom is -0.368 e. The first-order valence-corrected chi connectivity index (χ1v) is 10.6. The molecule has 0 aliphatic carbocycles. The summed E-state index contributed by atoms with van der Waals surface area (Å²) in [7, 11) is 0. The Labute approximate surface area is 178 Å². The molecule has 0 unspecified atom stereocenters. The molecule has 0 aliphatic heterocycles. The number of nitrogens with one attached hydrogen (secondary N) is 2. The lowest BCUT2D eigenvalue weighted by Gasteiger charge is -2.10. The lowest BCUT2D eigenvalue weighted by atomic mass is 10.1. The molecule has 9 heteroatoms. The quantitative estimate of drug-likeness (QED) is 0.383. The first-order chi connectivity index (χ1) is 14.6. The zero-order valence-electron chi connectivity index (χ0n) is 16.8. The number of anilines is 3. The van der Waals surface area contributed by atoms with Crippen molar-refractivity contribution in [2.75, 3.05) is 11.1 Å². The number of aromatic nitrogens is 6. The maximum absolute atomic E-state index is 5.90. The second-order valence-corrected chi connectivity index (χ2v) is 7.63. The van der Waals surface area contributed by atoms with Gasteiger partial charge in [0.15, 0.2) is 5.82 Å². The van der Waals surface area contributed by atoms with Gasteiger partial charge in [-0.15, -0.1) is 5.10 Å². The predicted octanol–water partition coefficient (Wildman–Crippen LogP) is 4.15. The van der Waals surface area contributed by atoms with Gasteiger partial charge < -0.3 is 11.1 Å². The number of hydrogen-bond acceptors (Lipinski definition) is 8. The van der Waals surface area contributed by atoms with Crippen LogP contribution in [0.3, 0.4) is 0 Å². The number of hydrogen-bond donors (Lipinski definition) is 3. The van der Waals surface area contributed by atoms with Gasteiger partial charge in [0.2, 0.25) is 17.1 Å². The Hall–Kier alpha value is -3.46. The predicted molar refractivity (Wildman–Crippen MR) is 119 cm³/mol. The third-order valence-corrected chi connectivity index (χ3v) is 5.31. The molecule has 0 fully saturated rings. The number of nitrogens with zero attached hydrogens (tertiary/aromatic N) is 5. The third kappa shape index (κ3) is 4.74. The summed E-state index contributed by atoms with van der Waals surface area (Å²) in [5, 5.41) is 11.1.